The number of ether oxygens (including phenoxy) is 1. The lowest BCUT2D eigenvalue weighted by Crippen LogP contribution is -2.35. The Balaban J connectivity index is 1.63. The molecular formula is C15H18ClNO4S. The number of esters is 1. The summed E-state index contributed by atoms with van der Waals surface area (Å²) in [6.45, 7) is -0.283. The Labute approximate surface area is 138 Å². The van der Waals surface area contributed by atoms with Crippen molar-refractivity contribution in [2.24, 2.45) is 0 Å². The second-order valence-corrected chi connectivity index (χ2v) is 6.95. The average molecular weight is 344 g/mol. The van der Waals surface area contributed by atoms with Crippen LogP contribution in [0.2, 0.25) is 4.34 Å². The third-order valence-corrected chi connectivity index (χ3v) is 4.76. The number of nitrogens with one attached hydrogen (secondary N) is 1. The zero-order valence-corrected chi connectivity index (χ0v) is 13.7. The van der Waals surface area contributed by atoms with Gasteiger partial charge in [0, 0.05) is 12.5 Å². The van der Waals surface area contributed by atoms with Crippen LogP contribution in [0.25, 0.3) is 0 Å². The van der Waals surface area contributed by atoms with Gasteiger partial charge in [0.2, 0.25) is 0 Å². The molecule has 7 heteroatoms. The van der Waals surface area contributed by atoms with Crippen molar-refractivity contribution in [2.75, 3.05) is 6.61 Å². The summed E-state index contributed by atoms with van der Waals surface area (Å²) >= 11 is 6.93. The molecular weight excluding hydrogens is 326 g/mol. The minimum Gasteiger partial charge on any atom is -0.456 e. The lowest BCUT2D eigenvalue weighted by atomic mass is 10.2. The van der Waals surface area contributed by atoms with E-state index in [9.17, 15) is 14.4 Å². The number of Topliss-reactive ketones (excluding diaryl/α,β-unsaturated/α-hetero) is 1. The predicted octanol–water partition coefficient (Wildman–Crippen LogP) is 2.97. The molecule has 2 rings (SSSR count). The van der Waals surface area contributed by atoms with Crippen molar-refractivity contribution in [1.82, 2.24) is 5.32 Å². The maximum Gasteiger partial charge on any atom is 0.306 e. The molecule has 0 saturated heterocycles. The van der Waals surface area contributed by atoms with E-state index in [1.807, 2.05) is 0 Å². The Morgan fingerprint density at radius 1 is 1.23 bits per heavy atom. The number of halogens is 1. The highest BCUT2D eigenvalue weighted by atomic mass is 35.5. The van der Waals surface area contributed by atoms with E-state index in [1.165, 1.54) is 11.3 Å². The molecule has 1 amide bonds. The molecule has 0 atom stereocenters. The van der Waals surface area contributed by atoms with Crippen LogP contribution in [0, 0.1) is 0 Å². The number of amides is 1. The molecule has 1 aliphatic rings. The van der Waals surface area contributed by atoms with Crippen molar-refractivity contribution >= 4 is 40.6 Å². The summed E-state index contributed by atoms with van der Waals surface area (Å²) in [5.41, 5.74) is 0. The molecule has 120 valence electrons. The summed E-state index contributed by atoms with van der Waals surface area (Å²) < 4.78 is 5.42. The third kappa shape index (κ3) is 5.42. The Hall–Kier alpha value is -1.40. The fraction of sp³-hybridized carbons (Fsp3) is 0.533. The SMILES string of the molecule is O=C(COC(=O)CCC(=O)c1ccc(Cl)s1)NC1CCCC1. The summed E-state index contributed by atoms with van der Waals surface area (Å²) in [5.74, 6) is -0.974. The number of hydrogen-bond donors (Lipinski definition) is 1. The molecule has 0 spiro atoms. The van der Waals surface area contributed by atoms with Gasteiger partial charge in [-0.2, -0.15) is 0 Å². The molecule has 0 unspecified atom stereocenters. The number of carbonyl (C=O) groups excluding carboxylic acids is 3. The molecule has 1 fully saturated rings. The van der Waals surface area contributed by atoms with Crippen LogP contribution in [0.1, 0.15) is 48.2 Å². The fourth-order valence-corrected chi connectivity index (χ4v) is 3.37. The summed E-state index contributed by atoms with van der Waals surface area (Å²) in [7, 11) is 0. The summed E-state index contributed by atoms with van der Waals surface area (Å²) in [4.78, 5) is 35.5. The monoisotopic (exact) mass is 343 g/mol. The predicted molar refractivity (Wildman–Crippen MR) is 84.3 cm³/mol. The van der Waals surface area contributed by atoms with Crippen LogP contribution in [0.4, 0.5) is 0 Å². The van der Waals surface area contributed by atoms with Gasteiger partial charge in [0.15, 0.2) is 12.4 Å². The molecule has 1 saturated carbocycles. The van der Waals surface area contributed by atoms with Crippen molar-refractivity contribution < 1.29 is 19.1 Å². The Kier molecular flexibility index (Phi) is 6.39. The van der Waals surface area contributed by atoms with Crippen LogP contribution in [-0.4, -0.2) is 30.3 Å². The second-order valence-electron chi connectivity index (χ2n) is 5.24. The van der Waals surface area contributed by atoms with Gasteiger partial charge in [-0.15, -0.1) is 11.3 Å². The van der Waals surface area contributed by atoms with Crippen LogP contribution >= 0.6 is 22.9 Å². The van der Waals surface area contributed by atoms with Gasteiger partial charge >= 0.3 is 5.97 Å². The maximum absolute atomic E-state index is 11.8. The first-order valence-electron chi connectivity index (χ1n) is 7.28. The van der Waals surface area contributed by atoms with Crippen LogP contribution < -0.4 is 5.32 Å². The molecule has 0 bridgehead atoms. The Bertz CT molecular complexity index is 551. The first-order chi connectivity index (χ1) is 10.5. The lowest BCUT2D eigenvalue weighted by Gasteiger charge is -2.11. The summed E-state index contributed by atoms with van der Waals surface area (Å²) in [6, 6.07) is 3.48. The van der Waals surface area contributed by atoms with Gasteiger partial charge in [-0.3, -0.25) is 14.4 Å². The minimum atomic E-state index is -0.544. The van der Waals surface area contributed by atoms with Crippen molar-refractivity contribution in [3.63, 3.8) is 0 Å². The van der Waals surface area contributed by atoms with Gasteiger partial charge in [0.1, 0.15) is 0 Å². The van der Waals surface area contributed by atoms with Crippen LogP contribution in [-0.2, 0) is 14.3 Å². The van der Waals surface area contributed by atoms with Gasteiger partial charge < -0.3 is 10.1 Å². The van der Waals surface area contributed by atoms with Crippen molar-refractivity contribution in [1.29, 1.82) is 0 Å². The Morgan fingerprint density at radius 3 is 2.59 bits per heavy atom. The van der Waals surface area contributed by atoms with E-state index >= 15 is 0 Å². The van der Waals surface area contributed by atoms with E-state index in [2.05, 4.69) is 5.32 Å². The number of ketones is 1. The highest BCUT2D eigenvalue weighted by Gasteiger charge is 2.18. The number of hydrogen-bond acceptors (Lipinski definition) is 5. The number of thiophene rings is 1. The van der Waals surface area contributed by atoms with E-state index in [-0.39, 0.29) is 37.2 Å². The summed E-state index contributed by atoms with van der Waals surface area (Å²) in [6.07, 6.45) is 4.24. The van der Waals surface area contributed by atoms with E-state index < -0.39 is 5.97 Å². The van der Waals surface area contributed by atoms with Crippen LogP contribution in [0.3, 0.4) is 0 Å². The molecule has 1 aliphatic carbocycles. The van der Waals surface area contributed by atoms with Crippen molar-refractivity contribution in [3.05, 3.63) is 21.3 Å². The van der Waals surface area contributed by atoms with E-state index in [0.29, 0.717) is 9.21 Å². The normalized spacial score (nSPS) is 14.8. The van der Waals surface area contributed by atoms with Gasteiger partial charge in [0.25, 0.3) is 5.91 Å². The fourth-order valence-electron chi connectivity index (χ4n) is 2.36. The quantitative estimate of drug-likeness (QED) is 0.610. The zero-order valence-electron chi connectivity index (χ0n) is 12.1. The van der Waals surface area contributed by atoms with E-state index in [4.69, 9.17) is 16.3 Å². The molecule has 0 radical (unpaired) electrons. The average Bonchev–Trinajstić information content (AvgIpc) is 3.14. The van der Waals surface area contributed by atoms with Crippen LogP contribution in [0.5, 0.6) is 0 Å². The van der Waals surface area contributed by atoms with Crippen LogP contribution in [0.15, 0.2) is 12.1 Å². The highest BCUT2D eigenvalue weighted by Crippen LogP contribution is 2.23. The lowest BCUT2D eigenvalue weighted by molar-refractivity contribution is -0.148. The highest BCUT2D eigenvalue weighted by molar-refractivity contribution is 7.18. The minimum absolute atomic E-state index is 0.0366. The zero-order chi connectivity index (χ0) is 15.9. The molecule has 0 aromatic carbocycles. The standard InChI is InChI=1S/C15H18ClNO4S/c16-13-7-6-12(22-13)11(18)5-8-15(20)21-9-14(19)17-10-3-1-2-4-10/h6-7,10H,1-5,8-9H2,(H,17,19). The number of carbonyl (C=O) groups is 3. The largest absolute Gasteiger partial charge is 0.456 e. The maximum atomic E-state index is 11.8. The first kappa shape index (κ1) is 17.0. The van der Waals surface area contributed by atoms with Crippen molar-refractivity contribution in [2.45, 2.75) is 44.6 Å². The van der Waals surface area contributed by atoms with Gasteiger partial charge in [0.05, 0.1) is 15.6 Å². The van der Waals surface area contributed by atoms with E-state index in [1.54, 1.807) is 12.1 Å². The van der Waals surface area contributed by atoms with E-state index in [0.717, 1.165) is 25.7 Å². The first-order valence-corrected chi connectivity index (χ1v) is 8.47. The Morgan fingerprint density at radius 2 is 1.95 bits per heavy atom. The topological polar surface area (TPSA) is 72.5 Å². The third-order valence-electron chi connectivity index (χ3n) is 3.49. The van der Waals surface area contributed by atoms with Gasteiger partial charge in [-0.25, -0.2) is 0 Å². The van der Waals surface area contributed by atoms with Gasteiger partial charge in [-0.05, 0) is 25.0 Å². The number of rotatable bonds is 7. The molecule has 1 heterocycles. The molecule has 22 heavy (non-hydrogen) atoms. The summed E-state index contributed by atoms with van der Waals surface area (Å²) in [5, 5.41) is 2.83. The molecule has 1 aromatic heterocycles. The molecule has 1 aromatic rings. The van der Waals surface area contributed by atoms with Gasteiger partial charge in [-0.1, -0.05) is 24.4 Å². The molecule has 0 aliphatic heterocycles. The van der Waals surface area contributed by atoms with Crippen molar-refractivity contribution in [3.8, 4) is 0 Å². The smallest absolute Gasteiger partial charge is 0.306 e. The molecule has 1 N–H and O–H groups in total. The second kappa shape index (κ2) is 8.29. The molecule has 5 nitrogen and oxygen atoms in total.